The van der Waals surface area contributed by atoms with Gasteiger partial charge in [0, 0.05) is 37.5 Å². The van der Waals surface area contributed by atoms with E-state index in [0.29, 0.717) is 24.1 Å². The molecule has 0 saturated carbocycles. The first-order chi connectivity index (χ1) is 10.3. The molecule has 0 radical (unpaired) electrons. The second-order valence-corrected chi connectivity index (χ2v) is 4.92. The number of aromatic nitrogens is 1. The number of nitrogens with zero attached hydrogens (tertiary/aromatic N) is 1. The molecule has 0 spiro atoms. The molecule has 1 aromatic rings. The highest BCUT2D eigenvalue weighted by atomic mass is 16.5. The topological polar surface area (TPSA) is 71.5 Å². The summed E-state index contributed by atoms with van der Waals surface area (Å²) in [7, 11) is 0. The van der Waals surface area contributed by atoms with Gasteiger partial charge in [-0.05, 0) is 25.3 Å². The predicted octanol–water partition coefficient (Wildman–Crippen LogP) is 1.11. The van der Waals surface area contributed by atoms with Gasteiger partial charge in [0.15, 0.2) is 0 Å². The molecule has 1 unspecified atom stereocenters. The van der Waals surface area contributed by atoms with Crippen molar-refractivity contribution in [2.45, 2.75) is 31.8 Å². The van der Waals surface area contributed by atoms with Crippen molar-refractivity contribution in [3.8, 4) is 11.8 Å². The number of aliphatic hydroxyl groups excluding tert-OH is 1. The standard InChI is InChI=1S/C16H20N2O3/c19-8-2-1-4-13-10-14(12-17-11-13)16(20)18-7-6-15-5-3-9-21-15/h10-12,15,19H,2-3,5-9H2,(H,18,20). The Balaban J connectivity index is 1.84. The van der Waals surface area contributed by atoms with E-state index in [1.54, 1.807) is 12.3 Å². The molecule has 0 aliphatic carbocycles. The molecule has 1 saturated heterocycles. The molecule has 1 aliphatic rings. The number of hydrogen-bond acceptors (Lipinski definition) is 4. The smallest absolute Gasteiger partial charge is 0.252 e. The van der Waals surface area contributed by atoms with Crippen molar-refractivity contribution in [3.05, 3.63) is 29.6 Å². The minimum atomic E-state index is -0.147. The van der Waals surface area contributed by atoms with Gasteiger partial charge in [-0.1, -0.05) is 11.8 Å². The second-order valence-electron chi connectivity index (χ2n) is 4.92. The third-order valence-electron chi connectivity index (χ3n) is 3.25. The van der Waals surface area contributed by atoms with Crippen LogP contribution in [0.5, 0.6) is 0 Å². The van der Waals surface area contributed by atoms with Crippen molar-refractivity contribution in [3.63, 3.8) is 0 Å². The maximum atomic E-state index is 12.0. The molecule has 0 aromatic carbocycles. The van der Waals surface area contributed by atoms with Crippen LogP contribution in [0.2, 0.25) is 0 Å². The van der Waals surface area contributed by atoms with Gasteiger partial charge >= 0.3 is 0 Å². The normalized spacial score (nSPS) is 17.1. The second kappa shape index (κ2) is 8.40. The zero-order chi connectivity index (χ0) is 14.9. The van der Waals surface area contributed by atoms with Gasteiger partial charge in [-0.25, -0.2) is 0 Å². The number of hydrogen-bond donors (Lipinski definition) is 2. The maximum Gasteiger partial charge on any atom is 0.252 e. The summed E-state index contributed by atoms with van der Waals surface area (Å²) >= 11 is 0. The van der Waals surface area contributed by atoms with Crippen LogP contribution >= 0.6 is 0 Å². The third-order valence-corrected chi connectivity index (χ3v) is 3.25. The summed E-state index contributed by atoms with van der Waals surface area (Å²) in [5, 5.41) is 11.6. The molecule has 2 heterocycles. The van der Waals surface area contributed by atoms with Crippen LogP contribution in [0.25, 0.3) is 0 Å². The van der Waals surface area contributed by atoms with E-state index in [9.17, 15) is 4.79 Å². The minimum Gasteiger partial charge on any atom is -0.395 e. The summed E-state index contributed by atoms with van der Waals surface area (Å²) in [6, 6.07) is 1.71. The first kappa shape index (κ1) is 15.5. The number of pyridine rings is 1. The minimum absolute atomic E-state index is 0.0316. The lowest BCUT2D eigenvalue weighted by molar-refractivity contribution is 0.0907. The zero-order valence-electron chi connectivity index (χ0n) is 12.0. The molecular formula is C16H20N2O3. The highest BCUT2D eigenvalue weighted by Gasteiger charge is 2.15. The Labute approximate surface area is 124 Å². The molecule has 21 heavy (non-hydrogen) atoms. The lowest BCUT2D eigenvalue weighted by atomic mass is 10.1. The van der Waals surface area contributed by atoms with Gasteiger partial charge in [-0.15, -0.1) is 0 Å². The van der Waals surface area contributed by atoms with E-state index in [-0.39, 0.29) is 18.6 Å². The summed E-state index contributed by atoms with van der Waals surface area (Å²) in [5.74, 6) is 5.53. The molecule has 5 heteroatoms. The highest BCUT2D eigenvalue weighted by molar-refractivity contribution is 5.94. The van der Waals surface area contributed by atoms with Crippen LogP contribution in [0.4, 0.5) is 0 Å². The highest BCUT2D eigenvalue weighted by Crippen LogP contribution is 2.14. The Morgan fingerprint density at radius 3 is 3.19 bits per heavy atom. The third kappa shape index (κ3) is 5.18. The Bertz CT molecular complexity index is 528. The Morgan fingerprint density at radius 2 is 2.43 bits per heavy atom. The van der Waals surface area contributed by atoms with Crippen LogP contribution in [0.1, 0.15) is 41.6 Å². The molecule has 1 amide bonds. The van der Waals surface area contributed by atoms with Crippen molar-refractivity contribution >= 4 is 5.91 Å². The summed E-state index contributed by atoms with van der Waals surface area (Å²) in [6.45, 7) is 1.46. The van der Waals surface area contributed by atoms with Gasteiger partial charge in [0.2, 0.25) is 0 Å². The van der Waals surface area contributed by atoms with Crippen molar-refractivity contribution < 1.29 is 14.6 Å². The van der Waals surface area contributed by atoms with Crippen molar-refractivity contribution in [2.24, 2.45) is 0 Å². The van der Waals surface area contributed by atoms with Crippen molar-refractivity contribution in [1.29, 1.82) is 0 Å². The fourth-order valence-electron chi connectivity index (χ4n) is 2.17. The van der Waals surface area contributed by atoms with E-state index in [2.05, 4.69) is 22.1 Å². The number of rotatable bonds is 5. The van der Waals surface area contributed by atoms with Crippen molar-refractivity contribution in [2.75, 3.05) is 19.8 Å². The number of carbonyl (C=O) groups is 1. The maximum absolute atomic E-state index is 12.0. The monoisotopic (exact) mass is 288 g/mol. The average molecular weight is 288 g/mol. The molecule has 5 nitrogen and oxygen atoms in total. The lowest BCUT2D eigenvalue weighted by Crippen LogP contribution is -2.27. The van der Waals surface area contributed by atoms with Gasteiger partial charge in [0.1, 0.15) is 0 Å². The Kier molecular flexibility index (Phi) is 6.20. The predicted molar refractivity (Wildman–Crippen MR) is 78.7 cm³/mol. The average Bonchev–Trinajstić information content (AvgIpc) is 3.01. The summed E-state index contributed by atoms with van der Waals surface area (Å²) in [4.78, 5) is 16.0. The summed E-state index contributed by atoms with van der Waals surface area (Å²) in [6.07, 6.45) is 6.85. The zero-order valence-corrected chi connectivity index (χ0v) is 12.0. The number of carbonyl (C=O) groups excluding carboxylic acids is 1. The SMILES string of the molecule is O=C(NCCC1CCCO1)c1cncc(C#CCCO)c1. The molecule has 1 aliphatic heterocycles. The number of ether oxygens (including phenoxy) is 1. The first-order valence-electron chi connectivity index (χ1n) is 7.24. The van der Waals surface area contributed by atoms with Crippen LogP contribution in [-0.2, 0) is 4.74 Å². The van der Waals surface area contributed by atoms with Crippen LogP contribution in [0.3, 0.4) is 0 Å². The summed E-state index contributed by atoms with van der Waals surface area (Å²) < 4.78 is 5.51. The molecule has 112 valence electrons. The van der Waals surface area contributed by atoms with Gasteiger partial charge in [0.05, 0.1) is 18.3 Å². The molecule has 1 atom stereocenters. The number of aliphatic hydroxyl groups is 1. The molecule has 2 N–H and O–H groups in total. The molecule has 2 rings (SSSR count). The van der Waals surface area contributed by atoms with E-state index in [1.165, 1.54) is 6.20 Å². The fourth-order valence-corrected chi connectivity index (χ4v) is 2.17. The van der Waals surface area contributed by atoms with E-state index in [4.69, 9.17) is 9.84 Å². The van der Waals surface area contributed by atoms with Gasteiger partial charge in [-0.2, -0.15) is 0 Å². The first-order valence-corrected chi connectivity index (χ1v) is 7.24. The largest absolute Gasteiger partial charge is 0.395 e. The van der Waals surface area contributed by atoms with Crippen LogP contribution in [0, 0.1) is 11.8 Å². The van der Waals surface area contributed by atoms with Crippen molar-refractivity contribution in [1.82, 2.24) is 10.3 Å². The quantitative estimate of drug-likeness (QED) is 0.796. The van der Waals surface area contributed by atoms with E-state index >= 15 is 0 Å². The lowest BCUT2D eigenvalue weighted by Gasteiger charge is -2.10. The van der Waals surface area contributed by atoms with Crippen LogP contribution < -0.4 is 5.32 Å². The molecule has 0 bridgehead atoms. The number of nitrogens with one attached hydrogen (secondary N) is 1. The Morgan fingerprint density at radius 1 is 1.52 bits per heavy atom. The fraction of sp³-hybridized carbons (Fsp3) is 0.500. The molecular weight excluding hydrogens is 268 g/mol. The van der Waals surface area contributed by atoms with Crippen LogP contribution in [0.15, 0.2) is 18.5 Å². The van der Waals surface area contributed by atoms with Gasteiger partial charge in [-0.3, -0.25) is 9.78 Å². The van der Waals surface area contributed by atoms with E-state index in [1.807, 2.05) is 0 Å². The van der Waals surface area contributed by atoms with E-state index < -0.39 is 0 Å². The summed E-state index contributed by atoms with van der Waals surface area (Å²) in [5.41, 5.74) is 1.17. The molecule has 1 aromatic heterocycles. The van der Waals surface area contributed by atoms with Crippen LogP contribution in [-0.4, -0.2) is 41.9 Å². The Hall–Kier alpha value is -1.90. The van der Waals surface area contributed by atoms with Gasteiger partial charge < -0.3 is 15.2 Å². The van der Waals surface area contributed by atoms with E-state index in [0.717, 1.165) is 25.9 Å². The van der Waals surface area contributed by atoms with Gasteiger partial charge in [0.25, 0.3) is 5.91 Å². The molecule has 1 fully saturated rings. The number of amides is 1.